The second-order valence-corrected chi connectivity index (χ2v) is 9.37. The molecule has 3 aromatic rings. The zero-order valence-electron chi connectivity index (χ0n) is 19.7. The van der Waals surface area contributed by atoms with E-state index < -0.39 is 0 Å². The Labute approximate surface area is 214 Å². The van der Waals surface area contributed by atoms with Crippen LogP contribution < -0.4 is 10.1 Å². The van der Waals surface area contributed by atoms with E-state index in [-0.39, 0.29) is 23.6 Å². The third-order valence-electron chi connectivity index (χ3n) is 5.76. The first-order chi connectivity index (χ1) is 17.0. The topological polar surface area (TPSA) is 89.3 Å². The standard InChI is InChI=1S/C25H28ClN5O3S/c1-3-30-23(21-10-7-15-31(21)24(33)19-8-5-6-9-20(19)26)28-29-25(30)35-16-22(32)27-17-11-13-18(14-12-17)34-4-2/h5-6,8-9,11-14,21H,3-4,7,10,15-16H2,1-2H3,(H,27,32). The molecule has 1 N–H and O–H groups in total. The lowest BCUT2D eigenvalue weighted by atomic mass is 10.1. The lowest BCUT2D eigenvalue weighted by molar-refractivity contribution is -0.113. The van der Waals surface area contributed by atoms with Gasteiger partial charge >= 0.3 is 0 Å². The van der Waals surface area contributed by atoms with Crippen molar-refractivity contribution in [1.29, 1.82) is 0 Å². The van der Waals surface area contributed by atoms with E-state index in [0.717, 1.165) is 24.4 Å². The average molecular weight is 514 g/mol. The number of hydrogen-bond acceptors (Lipinski definition) is 6. The highest BCUT2D eigenvalue weighted by Gasteiger charge is 2.35. The minimum atomic E-state index is -0.182. The highest BCUT2D eigenvalue weighted by molar-refractivity contribution is 7.99. The third kappa shape index (κ3) is 5.79. The van der Waals surface area contributed by atoms with E-state index in [4.69, 9.17) is 16.3 Å². The molecule has 2 aromatic carbocycles. The number of hydrogen-bond donors (Lipinski definition) is 1. The van der Waals surface area contributed by atoms with Gasteiger partial charge in [0.05, 0.1) is 29.0 Å². The van der Waals surface area contributed by atoms with Crippen LogP contribution in [0.1, 0.15) is 48.9 Å². The first kappa shape index (κ1) is 25.1. The Morgan fingerprint density at radius 1 is 1.14 bits per heavy atom. The number of amides is 2. The fourth-order valence-corrected chi connectivity index (χ4v) is 5.17. The van der Waals surface area contributed by atoms with Gasteiger partial charge in [0.1, 0.15) is 5.75 Å². The van der Waals surface area contributed by atoms with E-state index in [1.807, 2.05) is 59.7 Å². The molecule has 0 spiro atoms. The van der Waals surface area contributed by atoms with Crippen LogP contribution in [0.5, 0.6) is 5.75 Å². The van der Waals surface area contributed by atoms with E-state index in [1.54, 1.807) is 12.1 Å². The van der Waals surface area contributed by atoms with E-state index in [1.165, 1.54) is 11.8 Å². The van der Waals surface area contributed by atoms with Gasteiger partial charge in [0.2, 0.25) is 5.91 Å². The largest absolute Gasteiger partial charge is 0.494 e. The molecule has 0 bridgehead atoms. The molecule has 1 atom stereocenters. The zero-order valence-corrected chi connectivity index (χ0v) is 21.3. The monoisotopic (exact) mass is 513 g/mol. The Morgan fingerprint density at radius 3 is 2.63 bits per heavy atom. The van der Waals surface area contributed by atoms with Crippen molar-refractivity contribution in [3.63, 3.8) is 0 Å². The summed E-state index contributed by atoms with van der Waals surface area (Å²) < 4.78 is 7.41. The molecule has 0 saturated carbocycles. The molecule has 2 amide bonds. The van der Waals surface area contributed by atoms with E-state index >= 15 is 0 Å². The number of nitrogens with one attached hydrogen (secondary N) is 1. The molecule has 1 unspecified atom stereocenters. The molecule has 4 rings (SSSR count). The number of carbonyl (C=O) groups is 2. The quantitative estimate of drug-likeness (QED) is 0.402. The normalized spacial score (nSPS) is 15.3. The van der Waals surface area contributed by atoms with Crippen molar-refractivity contribution >= 4 is 40.9 Å². The average Bonchev–Trinajstić information content (AvgIpc) is 3.50. The fraction of sp³-hybridized carbons (Fsp3) is 0.360. The summed E-state index contributed by atoms with van der Waals surface area (Å²) in [5, 5.41) is 12.8. The van der Waals surface area contributed by atoms with Crippen molar-refractivity contribution < 1.29 is 14.3 Å². The maximum atomic E-state index is 13.2. The molecule has 2 heterocycles. The van der Waals surface area contributed by atoms with Gasteiger partial charge in [-0.05, 0) is 63.1 Å². The van der Waals surface area contributed by atoms with E-state index in [2.05, 4.69) is 15.5 Å². The Balaban J connectivity index is 1.42. The molecular weight excluding hydrogens is 486 g/mol. The zero-order chi connectivity index (χ0) is 24.8. The lowest BCUT2D eigenvalue weighted by Crippen LogP contribution is -2.32. The minimum absolute atomic E-state index is 0.104. The second-order valence-electron chi connectivity index (χ2n) is 8.02. The predicted octanol–water partition coefficient (Wildman–Crippen LogP) is 5.06. The molecular formula is C25H28ClN5O3S. The van der Waals surface area contributed by atoms with Crippen molar-refractivity contribution in [2.45, 2.75) is 44.4 Å². The number of benzene rings is 2. The number of rotatable bonds is 9. The van der Waals surface area contributed by atoms with Crippen LogP contribution in [0.4, 0.5) is 5.69 Å². The highest BCUT2D eigenvalue weighted by atomic mass is 35.5. The Bertz CT molecular complexity index is 1180. The SMILES string of the molecule is CCOc1ccc(NC(=O)CSc2nnc(C3CCCN3C(=O)c3ccccc3Cl)n2CC)cc1. The van der Waals surface area contributed by atoms with Gasteiger partial charge in [0.15, 0.2) is 11.0 Å². The summed E-state index contributed by atoms with van der Waals surface area (Å²) in [5.74, 6) is 1.45. The summed E-state index contributed by atoms with van der Waals surface area (Å²) in [4.78, 5) is 27.5. The number of thioether (sulfide) groups is 1. The summed E-state index contributed by atoms with van der Waals surface area (Å²) in [6.45, 7) is 5.80. The molecule has 0 radical (unpaired) electrons. The van der Waals surface area contributed by atoms with E-state index in [0.29, 0.717) is 41.1 Å². The minimum Gasteiger partial charge on any atom is -0.494 e. The Kier molecular flexibility index (Phi) is 8.30. The van der Waals surface area contributed by atoms with Crippen molar-refractivity contribution in [2.75, 3.05) is 24.2 Å². The smallest absolute Gasteiger partial charge is 0.255 e. The Hall–Kier alpha value is -3.04. The number of nitrogens with zero attached hydrogens (tertiary/aromatic N) is 4. The maximum absolute atomic E-state index is 13.2. The molecule has 184 valence electrons. The molecule has 1 aliphatic heterocycles. The second kappa shape index (κ2) is 11.6. The number of likely N-dealkylation sites (tertiary alicyclic amines) is 1. The number of ether oxygens (including phenoxy) is 1. The number of carbonyl (C=O) groups excluding carboxylic acids is 2. The van der Waals surface area contributed by atoms with Gasteiger partial charge in [-0.3, -0.25) is 9.59 Å². The molecule has 1 aliphatic rings. The van der Waals surface area contributed by atoms with Crippen LogP contribution in [0, 0.1) is 0 Å². The first-order valence-electron chi connectivity index (χ1n) is 11.7. The van der Waals surface area contributed by atoms with Gasteiger partial charge in [0, 0.05) is 18.8 Å². The van der Waals surface area contributed by atoms with Crippen molar-refractivity contribution in [3.8, 4) is 5.75 Å². The predicted molar refractivity (Wildman–Crippen MR) is 137 cm³/mol. The molecule has 0 aliphatic carbocycles. The molecule has 35 heavy (non-hydrogen) atoms. The molecule has 8 nitrogen and oxygen atoms in total. The maximum Gasteiger partial charge on any atom is 0.255 e. The third-order valence-corrected chi connectivity index (χ3v) is 7.06. The Morgan fingerprint density at radius 2 is 1.91 bits per heavy atom. The van der Waals surface area contributed by atoms with Crippen LogP contribution in [0.15, 0.2) is 53.7 Å². The van der Waals surface area contributed by atoms with Gasteiger partial charge in [-0.1, -0.05) is 35.5 Å². The van der Waals surface area contributed by atoms with Gasteiger partial charge in [-0.2, -0.15) is 0 Å². The summed E-state index contributed by atoms with van der Waals surface area (Å²) in [7, 11) is 0. The molecule has 1 saturated heterocycles. The van der Waals surface area contributed by atoms with Crippen LogP contribution in [-0.4, -0.2) is 50.4 Å². The van der Waals surface area contributed by atoms with Crippen LogP contribution in [-0.2, 0) is 11.3 Å². The van der Waals surface area contributed by atoms with Crippen LogP contribution in [0.3, 0.4) is 0 Å². The van der Waals surface area contributed by atoms with Crippen LogP contribution in [0.25, 0.3) is 0 Å². The molecule has 1 aromatic heterocycles. The number of anilines is 1. The summed E-state index contributed by atoms with van der Waals surface area (Å²) >= 11 is 7.60. The summed E-state index contributed by atoms with van der Waals surface area (Å²) in [5.41, 5.74) is 1.19. The summed E-state index contributed by atoms with van der Waals surface area (Å²) in [6, 6.07) is 14.2. The van der Waals surface area contributed by atoms with Gasteiger partial charge in [0.25, 0.3) is 5.91 Å². The summed E-state index contributed by atoms with van der Waals surface area (Å²) in [6.07, 6.45) is 1.68. The van der Waals surface area contributed by atoms with Gasteiger partial charge < -0.3 is 19.5 Å². The number of aromatic nitrogens is 3. The van der Waals surface area contributed by atoms with Crippen molar-refractivity contribution in [3.05, 3.63) is 64.9 Å². The number of halogens is 1. The molecule has 10 heteroatoms. The van der Waals surface area contributed by atoms with Gasteiger partial charge in [-0.15, -0.1) is 10.2 Å². The van der Waals surface area contributed by atoms with Gasteiger partial charge in [-0.25, -0.2) is 0 Å². The fourth-order valence-electron chi connectivity index (χ4n) is 4.15. The first-order valence-corrected chi connectivity index (χ1v) is 13.0. The molecule has 1 fully saturated rings. The van der Waals surface area contributed by atoms with Crippen LogP contribution in [0.2, 0.25) is 5.02 Å². The van der Waals surface area contributed by atoms with Crippen molar-refractivity contribution in [2.24, 2.45) is 0 Å². The highest BCUT2D eigenvalue weighted by Crippen LogP contribution is 2.34. The van der Waals surface area contributed by atoms with Crippen LogP contribution >= 0.6 is 23.4 Å². The van der Waals surface area contributed by atoms with Crippen molar-refractivity contribution in [1.82, 2.24) is 19.7 Å². The lowest BCUT2D eigenvalue weighted by Gasteiger charge is -2.25. The van der Waals surface area contributed by atoms with E-state index in [9.17, 15) is 9.59 Å².